The molecule has 0 aliphatic rings. The molecule has 3 rings (SSSR count). The molecule has 0 radical (unpaired) electrons. The maximum absolute atomic E-state index is 12.3. The summed E-state index contributed by atoms with van der Waals surface area (Å²) >= 11 is 7.25. The number of carbonyl (C=O) groups excluding carboxylic acids is 2. The van der Waals surface area contributed by atoms with Crippen LogP contribution in [0.15, 0.2) is 71.6 Å². The number of aryl methyl sites for hydroxylation is 1. The second-order valence-electron chi connectivity index (χ2n) is 6.58. The number of carbonyl (C=O) groups is 2. The summed E-state index contributed by atoms with van der Waals surface area (Å²) in [6.07, 6.45) is 0. The van der Waals surface area contributed by atoms with Gasteiger partial charge in [-0.1, -0.05) is 17.7 Å². The number of nitro groups is 1. The number of amides is 2. The Labute approximate surface area is 188 Å². The topological polar surface area (TPSA) is 101 Å². The highest BCUT2D eigenvalue weighted by atomic mass is 35.5. The van der Waals surface area contributed by atoms with Crippen LogP contribution in [0.25, 0.3) is 0 Å². The van der Waals surface area contributed by atoms with Crippen molar-refractivity contribution in [1.82, 2.24) is 0 Å². The average molecular weight is 456 g/mol. The van der Waals surface area contributed by atoms with E-state index in [2.05, 4.69) is 10.6 Å². The number of nitro benzene ring substituents is 1. The first-order valence-electron chi connectivity index (χ1n) is 9.16. The number of benzene rings is 3. The summed E-state index contributed by atoms with van der Waals surface area (Å²) in [7, 11) is 0. The molecule has 31 heavy (non-hydrogen) atoms. The van der Waals surface area contributed by atoms with E-state index in [-0.39, 0.29) is 23.3 Å². The Bertz CT molecular complexity index is 1140. The minimum Gasteiger partial charge on any atom is -0.325 e. The molecule has 0 aliphatic heterocycles. The number of hydrogen-bond acceptors (Lipinski definition) is 5. The van der Waals surface area contributed by atoms with Gasteiger partial charge in [0, 0.05) is 39.0 Å². The zero-order chi connectivity index (χ0) is 22.4. The molecule has 0 saturated heterocycles. The van der Waals surface area contributed by atoms with Crippen LogP contribution in [0, 0.1) is 17.0 Å². The van der Waals surface area contributed by atoms with E-state index in [4.69, 9.17) is 11.6 Å². The molecule has 0 aliphatic carbocycles. The molecule has 0 spiro atoms. The lowest BCUT2D eigenvalue weighted by Gasteiger charge is -2.09. The van der Waals surface area contributed by atoms with Gasteiger partial charge in [-0.25, -0.2) is 0 Å². The Balaban J connectivity index is 1.52. The molecule has 0 aromatic heterocycles. The Morgan fingerprint density at radius 2 is 1.77 bits per heavy atom. The molecule has 0 saturated carbocycles. The maximum Gasteiger partial charge on any atom is 0.269 e. The molecule has 2 amide bonds. The van der Waals surface area contributed by atoms with Gasteiger partial charge in [0.25, 0.3) is 11.6 Å². The molecule has 7 nitrogen and oxygen atoms in total. The van der Waals surface area contributed by atoms with Crippen LogP contribution in [0.4, 0.5) is 17.1 Å². The summed E-state index contributed by atoms with van der Waals surface area (Å²) in [4.78, 5) is 35.7. The number of hydrogen-bond donors (Lipinski definition) is 2. The SMILES string of the molecule is Cc1cc([N+](=O)[O-])ccc1NC(=O)CSc1ccc(NC(=O)c2cccc(Cl)c2)cc1. The van der Waals surface area contributed by atoms with E-state index < -0.39 is 4.92 Å². The van der Waals surface area contributed by atoms with E-state index >= 15 is 0 Å². The van der Waals surface area contributed by atoms with Crippen molar-refractivity contribution >= 4 is 52.2 Å². The second-order valence-corrected chi connectivity index (χ2v) is 8.07. The van der Waals surface area contributed by atoms with Crippen molar-refractivity contribution in [2.45, 2.75) is 11.8 Å². The summed E-state index contributed by atoms with van der Waals surface area (Å²) in [6.45, 7) is 1.70. The molecule has 0 unspecified atom stereocenters. The fourth-order valence-corrected chi connectivity index (χ4v) is 3.59. The quantitative estimate of drug-likeness (QED) is 0.276. The average Bonchev–Trinajstić information content (AvgIpc) is 2.74. The largest absolute Gasteiger partial charge is 0.325 e. The Hall–Kier alpha value is -3.36. The van der Waals surface area contributed by atoms with Crippen LogP contribution >= 0.6 is 23.4 Å². The summed E-state index contributed by atoms with van der Waals surface area (Å²) < 4.78 is 0. The van der Waals surface area contributed by atoms with E-state index in [9.17, 15) is 19.7 Å². The van der Waals surface area contributed by atoms with E-state index in [0.717, 1.165) is 4.90 Å². The lowest BCUT2D eigenvalue weighted by atomic mass is 10.2. The van der Waals surface area contributed by atoms with Crippen LogP contribution in [0.2, 0.25) is 5.02 Å². The lowest BCUT2D eigenvalue weighted by molar-refractivity contribution is -0.384. The molecule has 0 heterocycles. The summed E-state index contributed by atoms with van der Waals surface area (Å²) in [5.41, 5.74) is 2.22. The number of nitrogens with one attached hydrogen (secondary N) is 2. The molecule has 3 aromatic rings. The zero-order valence-corrected chi connectivity index (χ0v) is 18.0. The Kier molecular flexibility index (Phi) is 7.28. The second kappa shape index (κ2) is 10.1. The third-order valence-corrected chi connectivity index (χ3v) is 5.51. The monoisotopic (exact) mass is 455 g/mol. The van der Waals surface area contributed by atoms with E-state index in [0.29, 0.717) is 27.5 Å². The molecule has 0 fully saturated rings. The van der Waals surface area contributed by atoms with Crippen LogP contribution in [-0.2, 0) is 4.79 Å². The smallest absolute Gasteiger partial charge is 0.269 e. The van der Waals surface area contributed by atoms with Gasteiger partial charge in [0.1, 0.15) is 0 Å². The first-order valence-corrected chi connectivity index (χ1v) is 10.5. The van der Waals surface area contributed by atoms with Gasteiger partial charge in [0.15, 0.2) is 0 Å². The number of thioether (sulfide) groups is 1. The van der Waals surface area contributed by atoms with Crippen LogP contribution in [-0.4, -0.2) is 22.5 Å². The molecule has 2 N–H and O–H groups in total. The van der Waals surface area contributed by atoms with Crippen molar-refractivity contribution < 1.29 is 14.5 Å². The molecular formula is C22H18ClN3O4S. The predicted octanol–water partition coefficient (Wildman–Crippen LogP) is 5.54. The molecule has 158 valence electrons. The van der Waals surface area contributed by atoms with Gasteiger partial charge < -0.3 is 10.6 Å². The van der Waals surface area contributed by atoms with Gasteiger partial charge in [-0.3, -0.25) is 19.7 Å². The van der Waals surface area contributed by atoms with Crippen LogP contribution < -0.4 is 10.6 Å². The summed E-state index contributed by atoms with van der Waals surface area (Å²) in [5, 5.41) is 16.8. The Morgan fingerprint density at radius 3 is 2.42 bits per heavy atom. The van der Waals surface area contributed by atoms with Crippen molar-refractivity contribution in [2.75, 3.05) is 16.4 Å². The van der Waals surface area contributed by atoms with Gasteiger partial charge in [-0.05, 0) is 61.0 Å². The standard InChI is InChI=1S/C22H18ClN3O4S/c1-14-11-18(26(29)30)7-10-20(14)25-21(27)13-31-19-8-5-17(6-9-19)24-22(28)15-3-2-4-16(23)12-15/h2-12H,13H2,1H3,(H,24,28)(H,25,27). The highest BCUT2D eigenvalue weighted by Crippen LogP contribution is 2.24. The predicted molar refractivity (Wildman–Crippen MR) is 123 cm³/mol. The molecular weight excluding hydrogens is 438 g/mol. The Morgan fingerprint density at radius 1 is 1.03 bits per heavy atom. The number of nitrogens with zero attached hydrogens (tertiary/aromatic N) is 1. The molecule has 0 bridgehead atoms. The van der Waals surface area contributed by atoms with Crippen molar-refractivity contribution in [3.63, 3.8) is 0 Å². The van der Waals surface area contributed by atoms with Gasteiger partial charge in [0.2, 0.25) is 5.91 Å². The van der Waals surface area contributed by atoms with Crippen LogP contribution in [0.5, 0.6) is 0 Å². The molecule has 3 aromatic carbocycles. The van der Waals surface area contributed by atoms with Gasteiger partial charge in [-0.2, -0.15) is 0 Å². The third-order valence-electron chi connectivity index (χ3n) is 4.26. The number of anilines is 2. The summed E-state index contributed by atoms with van der Waals surface area (Å²) in [5.74, 6) is -0.314. The van der Waals surface area contributed by atoms with Gasteiger partial charge >= 0.3 is 0 Å². The fourth-order valence-electron chi connectivity index (χ4n) is 2.70. The minimum absolute atomic E-state index is 0.0209. The summed E-state index contributed by atoms with van der Waals surface area (Å²) in [6, 6.07) is 18.1. The zero-order valence-electron chi connectivity index (χ0n) is 16.4. The number of rotatable bonds is 7. The van der Waals surface area contributed by atoms with Gasteiger partial charge in [0.05, 0.1) is 10.7 Å². The van der Waals surface area contributed by atoms with Crippen LogP contribution in [0.1, 0.15) is 15.9 Å². The van der Waals surface area contributed by atoms with E-state index in [1.165, 1.54) is 30.0 Å². The highest BCUT2D eigenvalue weighted by molar-refractivity contribution is 8.00. The first kappa shape index (κ1) is 22.3. The molecule has 9 heteroatoms. The van der Waals surface area contributed by atoms with Crippen molar-refractivity contribution in [3.05, 3.63) is 93.0 Å². The van der Waals surface area contributed by atoms with Crippen molar-refractivity contribution in [1.29, 1.82) is 0 Å². The van der Waals surface area contributed by atoms with Crippen molar-refractivity contribution in [2.24, 2.45) is 0 Å². The van der Waals surface area contributed by atoms with Gasteiger partial charge in [-0.15, -0.1) is 11.8 Å². The molecule has 0 atom stereocenters. The lowest BCUT2D eigenvalue weighted by Crippen LogP contribution is -2.15. The number of halogens is 1. The first-order chi connectivity index (χ1) is 14.8. The maximum atomic E-state index is 12.3. The van der Waals surface area contributed by atoms with Crippen LogP contribution in [0.3, 0.4) is 0 Å². The van der Waals surface area contributed by atoms with E-state index in [1.54, 1.807) is 43.3 Å². The number of non-ortho nitro benzene ring substituents is 1. The minimum atomic E-state index is -0.477. The fraction of sp³-hybridized carbons (Fsp3) is 0.0909. The normalized spacial score (nSPS) is 10.4. The third kappa shape index (κ3) is 6.31. The van der Waals surface area contributed by atoms with Crippen molar-refractivity contribution in [3.8, 4) is 0 Å². The highest BCUT2D eigenvalue weighted by Gasteiger charge is 2.11. The van der Waals surface area contributed by atoms with E-state index in [1.807, 2.05) is 12.1 Å².